The topological polar surface area (TPSA) is 69.2 Å². The highest BCUT2D eigenvalue weighted by Gasteiger charge is 2.43. The minimum atomic E-state index is -5.56. The van der Waals surface area contributed by atoms with Gasteiger partial charge in [0.25, 0.3) is 0 Å². The summed E-state index contributed by atoms with van der Waals surface area (Å²) in [6.45, 7) is 0. The maximum absolute atomic E-state index is 13.0. The maximum atomic E-state index is 13.0. The second-order valence-corrected chi connectivity index (χ2v) is 2.83. The molecule has 1 aromatic rings. The van der Waals surface area contributed by atoms with Crippen molar-refractivity contribution in [1.82, 2.24) is 0 Å². The second-order valence-electron chi connectivity index (χ2n) is 2.83. The van der Waals surface area contributed by atoms with Crippen LogP contribution in [-0.2, 0) is 6.18 Å². The minimum absolute atomic E-state index is 1.61. The van der Waals surface area contributed by atoms with Crippen LogP contribution in [0.5, 0.6) is 0 Å². The summed E-state index contributed by atoms with van der Waals surface area (Å²) in [4.78, 5) is 8.56. The van der Waals surface area contributed by atoms with Crippen molar-refractivity contribution >= 4 is 11.4 Å². The number of rotatable bonds is 1. The predicted molar refractivity (Wildman–Crippen MR) is 42.4 cm³/mol. The lowest BCUT2D eigenvalue weighted by molar-refractivity contribution is -0.387. The fourth-order valence-corrected chi connectivity index (χ4v) is 1.09. The third-order valence-corrected chi connectivity index (χ3v) is 1.80. The lowest BCUT2D eigenvalue weighted by atomic mass is 10.1. The number of nitrogens with zero attached hydrogens (tertiary/aromatic N) is 1. The highest BCUT2D eigenvalue weighted by Crippen LogP contribution is 2.40. The molecular formula is C7H2F6N2O2. The van der Waals surface area contributed by atoms with Crippen LogP contribution in [0.2, 0.25) is 0 Å². The number of anilines is 1. The standard InChI is InChI=1S/C7H2F6N2O2/c8-2-1(7(11,12)13)3(9)5(14)6(4(2)10)15(16)17/h14H2. The summed E-state index contributed by atoms with van der Waals surface area (Å²) < 4.78 is 75.2. The molecule has 0 unspecified atom stereocenters. The van der Waals surface area contributed by atoms with Gasteiger partial charge >= 0.3 is 11.9 Å². The summed E-state index contributed by atoms with van der Waals surface area (Å²) in [7, 11) is 0. The molecule has 17 heavy (non-hydrogen) atoms. The number of halogens is 6. The van der Waals surface area contributed by atoms with E-state index in [0.717, 1.165) is 0 Å². The summed E-state index contributed by atoms with van der Waals surface area (Å²) in [5, 5.41) is 10.2. The fraction of sp³-hybridized carbons (Fsp3) is 0.143. The number of nitrogen functional groups attached to an aromatic ring is 1. The smallest absolute Gasteiger partial charge is 0.391 e. The Morgan fingerprint density at radius 2 is 1.53 bits per heavy atom. The zero-order chi connectivity index (χ0) is 13.5. The number of nitro benzene ring substituents is 1. The average molecular weight is 260 g/mol. The molecule has 1 aromatic carbocycles. The first kappa shape index (κ1) is 13.1. The predicted octanol–water partition coefficient (Wildman–Crippen LogP) is 2.61. The van der Waals surface area contributed by atoms with Gasteiger partial charge in [-0.1, -0.05) is 0 Å². The highest BCUT2D eigenvalue weighted by atomic mass is 19.4. The summed E-state index contributed by atoms with van der Waals surface area (Å²) in [6.07, 6.45) is -5.56. The summed E-state index contributed by atoms with van der Waals surface area (Å²) in [5.74, 6) is -7.57. The molecule has 0 aliphatic heterocycles. The second kappa shape index (κ2) is 3.79. The highest BCUT2D eigenvalue weighted by molar-refractivity contribution is 5.62. The molecule has 0 aliphatic carbocycles. The van der Waals surface area contributed by atoms with Crippen molar-refractivity contribution < 1.29 is 31.3 Å². The van der Waals surface area contributed by atoms with Gasteiger partial charge in [0.05, 0.1) is 4.92 Å². The zero-order valence-electron chi connectivity index (χ0n) is 7.61. The molecule has 2 N–H and O–H groups in total. The fourth-order valence-electron chi connectivity index (χ4n) is 1.09. The van der Waals surface area contributed by atoms with E-state index in [0.29, 0.717) is 0 Å². The van der Waals surface area contributed by atoms with E-state index in [4.69, 9.17) is 0 Å². The molecule has 10 heteroatoms. The lowest BCUT2D eigenvalue weighted by Crippen LogP contribution is -2.16. The molecule has 1 rings (SSSR count). The number of hydrogen-bond acceptors (Lipinski definition) is 3. The maximum Gasteiger partial charge on any atom is 0.422 e. The van der Waals surface area contributed by atoms with Crippen molar-refractivity contribution in [3.05, 3.63) is 33.1 Å². The van der Waals surface area contributed by atoms with Gasteiger partial charge in [-0.2, -0.15) is 17.6 Å². The molecule has 4 nitrogen and oxygen atoms in total. The Labute approximate surface area is 88.8 Å². The molecule has 0 saturated heterocycles. The average Bonchev–Trinajstić information content (AvgIpc) is 2.12. The van der Waals surface area contributed by atoms with E-state index in [9.17, 15) is 36.5 Å². The molecule has 0 spiro atoms. The third kappa shape index (κ3) is 1.97. The molecule has 0 atom stereocenters. The van der Waals surface area contributed by atoms with Gasteiger partial charge in [-0.05, 0) is 0 Å². The number of nitrogens with two attached hydrogens (primary N) is 1. The van der Waals surface area contributed by atoms with Crippen LogP contribution in [0.15, 0.2) is 0 Å². The van der Waals surface area contributed by atoms with Crippen LogP contribution in [-0.4, -0.2) is 4.92 Å². The molecule has 0 aliphatic rings. The third-order valence-electron chi connectivity index (χ3n) is 1.80. The molecule has 0 bridgehead atoms. The Balaban J connectivity index is 3.77. The van der Waals surface area contributed by atoms with E-state index in [1.54, 1.807) is 0 Å². The van der Waals surface area contributed by atoms with Crippen molar-refractivity contribution in [3.8, 4) is 0 Å². The van der Waals surface area contributed by atoms with Crippen LogP contribution in [0.1, 0.15) is 5.56 Å². The largest absolute Gasteiger partial charge is 0.422 e. The molecule has 0 fully saturated rings. The molecule has 0 saturated carbocycles. The van der Waals surface area contributed by atoms with Gasteiger partial charge in [0, 0.05) is 0 Å². The lowest BCUT2D eigenvalue weighted by Gasteiger charge is -2.11. The monoisotopic (exact) mass is 260 g/mol. The van der Waals surface area contributed by atoms with Crippen molar-refractivity contribution in [3.63, 3.8) is 0 Å². The first-order valence-corrected chi connectivity index (χ1v) is 3.76. The number of alkyl halides is 3. The van der Waals surface area contributed by atoms with Crippen LogP contribution in [0.4, 0.5) is 37.7 Å². The van der Waals surface area contributed by atoms with Crippen molar-refractivity contribution in [2.45, 2.75) is 6.18 Å². The first-order chi connectivity index (χ1) is 7.59. The van der Waals surface area contributed by atoms with Gasteiger partial charge in [0.15, 0.2) is 17.3 Å². The number of benzene rings is 1. The van der Waals surface area contributed by atoms with Gasteiger partial charge in [-0.15, -0.1) is 0 Å². The van der Waals surface area contributed by atoms with Crippen LogP contribution in [0.25, 0.3) is 0 Å². The van der Waals surface area contributed by atoms with Crippen LogP contribution < -0.4 is 5.73 Å². The molecule has 0 radical (unpaired) electrons. The SMILES string of the molecule is Nc1c(F)c(C(F)(F)F)c(F)c(F)c1[N+](=O)[O-]. The summed E-state index contributed by atoms with van der Waals surface area (Å²) in [6, 6.07) is 0. The summed E-state index contributed by atoms with van der Waals surface area (Å²) >= 11 is 0. The van der Waals surface area contributed by atoms with Crippen LogP contribution >= 0.6 is 0 Å². The van der Waals surface area contributed by atoms with Gasteiger partial charge < -0.3 is 5.73 Å². The van der Waals surface area contributed by atoms with Crippen molar-refractivity contribution in [2.75, 3.05) is 5.73 Å². The molecule has 94 valence electrons. The normalized spacial score (nSPS) is 11.6. The molecule has 0 aromatic heterocycles. The van der Waals surface area contributed by atoms with Gasteiger partial charge in [0.2, 0.25) is 5.82 Å². The first-order valence-electron chi connectivity index (χ1n) is 3.76. The molecule has 0 heterocycles. The van der Waals surface area contributed by atoms with Gasteiger partial charge in [-0.25, -0.2) is 8.78 Å². The van der Waals surface area contributed by atoms with Crippen molar-refractivity contribution in [2.24, 2.45) is 0 Å². The van der Waals surface area contributed by atoms with Crippen molar-refractivity contribution in [1.29, 1.82) is 0 Å². The van der Waals surface area contributed by atoms with E-state index in [1.165, 1.54) is 0 Å². The number of hydrogen-bond donors (Lipinski definition) is 1. The van der Waals surface area contributed by atoms with E-state index in [1.807, 2.05) is 0 Å². The van der Waals surface area contributed by atoms with Gasteiger partial charge in [-0.3, -0.25) is 10.1 Å². The Kier molecular flexibility index (Phi) is 2.91. The Morgan fingerprint density at radius 1 is 1.06 bits per heavy atom. The van der Waals surface area contributed by atoms with Crippen LogP contribution in [0, 0.1) is 27.6 Å². The molecule has 0 amide bonds. The quantitative estimate of drug-likeness (QED) is 0.277. The van der Waals surface area contributed by atoms with E-state index in [2.05, 4.69) is 5.73 Å². The Bertz CT molecular complexity index is 469. The zero-order valence-corrected chi connectivity index (χ0v) is 7.61. The Hall–Kier alpha value is -2.00. The molecular weight excluding hydrogens is 258 g/mol. The van der Waals surface area contributed by atoms with Crippen LogP contribution in [0.3, 0.4) is 0 Å². The minimum Gasteiger partial charge on any atom is -0.391 e. The van der Waals surface area contributed by atoms with E-state index in [-0.39, 0.29) is 0 Å². The Morgan fingerprint density at radius 3 is 1.88 bits per heavy atom. The summed E-state index contributed by atoms with van der Waals surface area (Å²) in [5.41, 5.74) is -1.55. The van der Waals surface area contributed by atoms with E-state index < -0.39 is 45.5 Å². The van der Waals surface area contributed by atoms with E-state index >= 15 is 0 Å². The number of nitro groups is 1. The van der Waals surface area contributed by atoms with Gasteiger partial charge in [0.1, 0.15) is 5.56 Å².